The third-order valence-corrected chi connectivity index (χ3v) is 3.86. The van der Waals surface area contributed by atoms with Crippen LogP contribution in [0.4, 0.5) is 0 Å². The number of aromatic nitrogens is 2. The van der Waals surface area contributed by atoms with Gasteiger partial charge in [-0.3, -0.25) is 4.90 Å². The Hall–Kier alpha value is -1.46. The SMILES string of the molecule is CCN(CC)C(C)c1nc2ccccc2n1CC(N)=S. The van der Waals surface area contributed by atoms with E-state index in [2.05, 4.69) is 36.3 Å². The smallest absolute Gasteiger partial charge is 0.127 e. The van der Waals surface area contributed by atoms with Crippen molar-refractivity contribution < 1.29 is 0 Å². The van der Waals surface area contributed by atoms with E-state index < -0.39 is 0 Å². The first-order valence-corrected chi connectivity index (χ1v) is 7.46. The summed E-state index contributed by atoms with van der Waals surface area (Å²) >= 11 is 5.09. The summed E-state index contributed by atoms with van der Waals surface area (Å²) in [6.07, 6.45) is 0. The van der Waals surface area contributed by atoms with Gasteiger partial charge in [0.25, 0.3) is 0 Å². The van der Waals surface area contributed by atoms with Gasteiger partial charge < -0.3 is 10.3 Å². The lowest BCUT2D eigenvalue weighted by Crippen LogP contribution is -2.29. The third kappa shape index (κ3) is 2.83. The molecule has 0 radical (unpaired) electrons. The molecular weight excluding hydrogens is 268 g/mol. The molecule has 2 rings (SSSR count). The van der Waals surface area contributed by atoms with Crippen molar-refractivity contribution in [2.45, 2.75) is 33.4 Å². The highest BCUT2D eigenvalue weighted by Crippen LogP contribution is 2.24. The van der Waals surface area contributed by atoms with Crippen molar-refractivity contribution in [3.05, 3.63) is 30.1 Å². The van der Waals surface area contributed by atoms with Crippen LogP contribution < -0.4 is 5.73 Å². The van der Waals surface area contributed by atoms with E-state index in [9.17, 15) is 0 Å². The zero-order valence-electron chi connectivity index (χ0n) is 12.3. The summed E-state index contributed by atoms with van der Waals surface area (Å²) in [7, 11) is 0. The Morgan fingerprint density at radius 3 is 2.60 bits per heavy atom. The molecule has 2 aromatic rings. The highest BCUT2D eigenvalue weighted by Gasteiger charge is 2.20. The molecule has 108 valence electrons. The molecule has 0 saturated carbocycles. The van der Waals surface area contributed by atoms with Crippen LogP contribution in [0.15, 0.2) is 24.3 Å². The normalized spacial score (nSPS) is 13.0. The lowest BCUT2D eigenvalue weighted by molar-refractivity contribution is 0.223. The Balaban J connectivity index is 2.53. The maximum absolute atomic E-state index is 5.75. The molecule has 5 heteroatoms. The number of rotatable bonds is 6. The largest absolute Gasteiger partial charge is 0.392 e. The first kappa shape index (κ1) is 14.9. The van der Waals surface area contributed by atoms with Crippen molar-refractivity contribution in [1.82, 2.24) is 14.5 Å². The number of benzene rings is 1. The Kier molecular flexibility index (Phi) is 4.73. The second-order valence-corrected chi connectivity index (χ2v) is 5.43. The fourth-order valence-electron chi connectivity index (χ4n) is 2.67. The maximum Gasteiger partial charge on any atom is 0.127 e. The van der Waals surface area contributed by atoms with Gasteiger partial charge in [-0.2, -0.15) is 0 Å². The number of para-hydroxylation sites is 2. The van der Waals surface area contributed by atoms with Crippen molar-refractivity contribution in [1.29, 1.82) is 0 Å². The lowest BCUT2D eigenvalue weighted by Gasteiger charge is -2.26. The second kappa shape index (κ2) is 6.33. The predicted molar refractivity (Wildman–Crippen MR) is 87.9 cm³/mol. The van der Waals surface area contributed by atoms with Crippen LogP contribution in [0.1, 0.15) is 32.6 Å². The van der Waals surface area contributed by atoms with Gasteiger partial charge in [0.1, 0.15) is 5.82 Å². The summed E-state index contributed by atoms with van der Waals surface area (Å²) in [5.41, 5.74) is 7.84. The minimum Gasteiger partial charge on any atom is -0.392 e. The molecule has 1 unspecified atom stereocenters. The molecule has 0 aliphatic heterocycles. The van der Waals surface area contributed by atoms with E-state index in [1.807, 2.05) is 18.2 Å². The molecule has 0 spiro atoms. The summed E-state index contributed by atoms with van der Waals surface area (Å²) in [5.74, 6) is 1.03. The zero-order valence-corrected chi connectivity index (χ0v) is 13.2. The molecule has 0 amide bonds. The molecule has 0 fully saturated rings. The molecular formula is C15H22N4S. The molecule has 1 heterocycles. The Bertz CT molecular complexity index is 601. The first-order chi connectivity index (χ1) is 9.58. The van der Waals surface area contributed by atoms with E-state index in [1.54, 1.807) is 0 Å². The van der Waals surface area contributed by atoms with Gasteiger partial charge in [-0.15, -0.1) is 0 Å². The van der Waals surface area contributed by atoms with E-state index >= 15 is 0 Å². The summed E-state index contributed by atoms with van der Waals surface area (Å²) in [4.78, 5) is 7.65. The van der Waals surface area contributed by atoms with Crippen LogP contribution in [0.5, 0.6) is 0 Å². The molecule has 1 atom stereocenters. The van der Waals surface area contributed by atoms with Crippen LogP contribution in [0.25, 0.3) is 11.0 Å². The molecule has 0 bridgehead atoms. The van der Waals surface area contributed by atoms with Crippen molar-refractivity contribution in [2.24, 2.45) is 5.73 Å². The van der Waals surface area contributed by atoms with Crippen LogP contribution in [0.3, 0.4) is 0 Å². The second-order valence-electron chi connectivity index (χ2n) is 4.91. The van der Waals surface area contributed by atoms with E-state index in [1.165, 1.54) is 0 Å². The number of thiocarbonyl (C=S) groups is 1. The Labute approximate surface area is 125 Å². The van der Waals surface area contributed by atoms with Gasteiger partial charge >= 0.3 is 0 Å². The van der Waals surface area contributed by atoms with Gasteiger partial charge in [-0.05, 0) is 32.1 Å². The molecule has 0 aliphatic carbocycles. The number of hydrogen-bond donors (Lipinski definition) is 1. The number of imidazole rings is 1. The first-order valence-electron chi connectivity index (χ1n) is 7.06. The van der Waals surface area contributed by atoms with Crippen molar-refractivity contribution in [3.8, 4) is 0 Å². The summed E-state index contributed by atoms with van der Waals surface area (Å²) in [6.45, 7) is 9.05. The van der Waals surface area contributed by atoms with Crippen molar-refractivity contribution >= 4 is 28.2 Å². The molecule has 1 aromatic carbocycles. The van der Waals surface area contributed by atoms with Gasteiger partial charge in [0, 0.05) is 0 Å². The number of nitrogens with two attached hydrogens (primary N) is 1. The number of fused-ring (bicyclic) bond motifs is 1. The molecule has 0 aliphatic rings. The number of hydrogen-bond acceptors (Lipinski definition) is 3. The molecule has 0 saturated heterocycles. The van der Waals surface area contributed by atoms with E-state index in [0.29, 0.717) is 11.5 Å². The minimum absolute atomic E-state index is 0.242. The summed E-state index contributed by atoms with van der Waals surface area (Å²) in [6, 6.07) is 8.37. The van der Waals surface area contributed by atoms with Gasteiger partial charge in [0.05, 0.1) is 28.6 Å². The molecule has 2 N–H and O–H groups in total. The van der Waals surface area contributed by atoms with Crippen molar-refractivity contribution in [3.63, 3.8) is 0 Å². The van der Waals surface area contributed by atoms with E-state index in [-0.39, 0.29) is 6.04 Å². The van der Waals surface area contributed by atoms with E-state index in [4.69, 9.17) is 22.9 Å². The fraction of sp³-hybridized carbons (Fsp3) is 0.467. The minimum atomic E-state index is 0.242. The third-order valence-electron chi connectivity index (χ3n) is 3.73. The van der Waals surface area contributed by atoms with Crippen LogP contribution in [-0.2, 0) is 6.54 Å². The van der Waals surface area contributed by atoms with Gasteiger partial charge in [-0.1, -0.05) is 38.2 Å². The number of nitrogens with zero attached hydrogens (tertiary/aromatic N) is 3. The van der Waals surface area contributed by atoms with Gasteiger partial charge in [0.2, 0.25) is 0 Å². The molecule has 4 nitrogen and oxygen atoms in total. The van der Waals surface area contributed by atoms with Crippen LogP contribution in [0.2, 0.25) is 0 Å². The van der Waals surface area contributed by atoms with Gasteiger partial charge in [-0.25, -0.2) is 4.98 Å². The average molecular weight is 290 g/mol. The maximum atomic E-state index is 5.75. The molecule has 20 heavy (non-hydrogen) atoms. The Morgan fingerprint density at radius 1 is 1.35 bits per heavy atom. The average Bonchev–Trinajstić information content (AvgIpc) is 2.78. The molecule has 1 aromatic heterocycles. The summed E-state index contributed by atoms with van der Waals surface area (Å²) in [5, 5.41) is 0. The predicted octanol–water partition coefficient (Wildman–Crippen LogP) is 2.73. The van der Waals surface area contributed by atoms with Crippen LogP contribution in [0, 0.1) is 0 Å². The quantitative estimate of drug-likeness (QED) is 0.831. The highest BCUT2D eigenvalue weighted by atomic mass is 32.1. The topological polar surface area (TPSA) is 47.1 Å². The standard InChI is InChI=1S/C15H22N4S/c1-4-18(5-2)11(3)15-17-12-8-6-7-9-13(12)19(15)10-14(16)20/h6-9,11H,4-5,10H2,1-3H3,(H2,16,20). The summed E-state index contributed by atoms with van der Waals surface area (Å²) < 4.78 is 2.14. The van der Waals surface area contributed by atoms with Crippen LogP contribution >= 0.6 is 12.2 Å². The van der Waals surface area contributed by atoms with Gasteiger partial charge in [0.15, 0.2) is 0 Å². The van der Waals surface area contributed by atoms with E-state index in [0.717, 1.165) is 29.9 Å². The Morgan fingerprint density at radius 2 is 2.00 bits per heavy atom. The lowest BCUT2D eigenvalue weighted by atomic mass is 10.2. The highest BCUT2D eigenvalue weighted by molar-refractivity contribution is 7.80. The zero-order chi connectivity index (χ0) is 14.7. The fourth-order valence-corrected chi connectivity index (χ4v) is 2.80. The monoisotopic (exact) mass is 290 g/mol. The van der Waals surface area contributed by atoms with Crippen molar-refractivity contribution in [2.75, 3.05) is 13.1 Å². The van der Waals surface area contributed by atoms with Crippen LogP contribution in [-0.4, -0.2) is 32.5 Å².